The monoisotopic (exact) mass is 442 g/mol. The number of alkyl halides is 3. The fourth-order valence-electron chi connectivity index (χ4n) is 2.61. The Bertz CT molecular complexity index is 992. The van der Waals surface area contributed by atoms with Gasteiger partial charge in [-0.15, -0.1) is 0 Å². The van der Waals surface area contributed by atoms with E-state index >= 15 is 0 Å². The smallest absolute Gasteiger partial charge is 0.416 e. The van der Waals surface area contributed by atoms with E-state index in [2.05, 4.69) is 5.32 Å². The Hall–Kier alpha value is -2.58. The van der Waals surface area contributed by atoms with Crippen LogP contribution in [-0.2, 0) is 19.3 Å². The average molecular weight is 443 g/mol. The number of halogens is 5. The van der Waals surface area contributed by atoms with Gasteiger partial charge in [0.05, 0.1) is 29.1 Å². The van der Waals surface area contributed by atoms with Crippen LogP contribution in [-0.4, -0.2) is 10.0 Å². The highest BCUT2D eigenvalue weighted by Gasteiger charge is 2.31. The van der Waals surface area contributed by atoms with Crippen LogP contribution in [0.1, 0.15) is 16.9 Å². The molecule has 0 aliphatic heterocycles. The topological polar surface area (TPSA) is 28.4 Å². The highest BCUT2D eigenvalue weighted by atomic mass is 35.5. The summed E-state index contributed by atoms with van der Waals surface area (Å²) >= 11 is 11.4. The molecule has 0 saturated heterocycles. The lowest BCUT2D eigenvalue weighted by atomic mass is 10.2. The van der Waals surface area contributed by atoms with E-state index in [9.17, 15) is 17.6 Å². The molecule has 1 heterocycles. The molecule has 9 heteroatoms. The molecule has 3 aromatic rings. The summed E-state index contributed by atoms with van der Waals surface area (Å²) in [4.78, 5) is 1.63. The maximum Gasteiger partial charge on any atom is 0.416 e. The molecule has 1 aromatic heterocycles. The average Bonchev–Trinajstić information content (AvgIpc) is 3.17. The number of furan rings is 1. The molecule has 29 heavy (non-hydrogen) atoms. The minimum atomic E-state index is -4.50. The van der Waals surface area contributed by atoms with Gasteiger partial charge in [-0.25, -0.2) is 4.39 Å². The molecule has 0 bridgehead atoms. The van der Waals surface area contributed by atoms with Crippen molar-refractivity contribution in [1.82, 2.24) is 4.90 Å². The second-order valence-electron chi connectivity index (χ2n) is 6.15. The van der Waals surface area contributed by atoms with Crippen molar-refractivity contribution in [2.24, 2.45) is 0 Å². The fourth-order valence-corrected chi connectivity index (χ4v) is 3.08. The van der Waals surface area contributed by atoms with Crippen molar-refractivity contribution in [3.05, 3.63) is 88.6 Å². The fraction of sp³-hybridized carbons (Fsp3) is 0.150. The number of nitrogens with one attached hydrogen (secondary N) is 1. The summed E-state index contributed by atoms with van der Waals surface area (Å²) in [7, 11) is 0. The van der Waals surface area contributed by atoms with Crippen molar-refractivity contribution in [3.63, 3.8) is 0 Å². The van der Waals surface area contributed by atoms with Gasteiger partial charge in [0.15, 0.2) is 5.11 Å². The van der Waals surface area contributed by atoms with Crippen molar-refractivity contribution in [3.8, 4) is 0 Å². The van der Waals surface area contributed by atoms with Gasteiger partial charge >= 0.3 is 6.18 Å². The summed E-state index contributed by atoms with van der Waals surface area (Å²) in [5, 5.41) is 2.86. The van der Waals surface area contributed by atoms with Gasteiger partial charge in [-0.3, -0.25) is 0 Å². The summed E-state index contributed by atoms with van der Waals surface area (Å²) in [5.74, 6) is 0.191. The first-order valence-corrected chi connectivity index (χ1v) is 9.21. The van der Waals surface area contributed by atoms with E-state index in [4.69, 9.17) is 28.2 Å². The molecule has 0 aliphatic rings. The molecule has 3 rings (SSSR count). The predicted octanol–water partition coefficient (Wildman–Crippen LogP) is 6.49. The Morgan fingerprint density at radius 2 is 1.83 bits per heavy atom. The summed E-state index contributed by atoms with van der Waals surface area (Å²) in [6, 6.07) is 12.6. The summed E-state index contributed by atoms with van der Waals surface area (Å²) in [6.07, 6.45) is -3.00. The number of benzene rings is 2. The maximum atomic E-state index is 14.1. The maximum absolute atomic E-state index is 14.1. The summed E-state index contributed by atoms with van der Waals surface area (Å²) in [5.41, 5.74) is -0.248. The minimum absolute atomic E-state index is 0.122. The van der Waals surface area contributed by atoms with E-state index in [-0.39, 0.29) is 28.9 Å². The number of hydrogen-bond donors (Lipinski definition) is 1. The lowest BCUT2D eigenvalue weighted by Gasteiger charge is -2.26. The molecule has 0 spiro atoms. The first-order chi connectivity index (χ1) is 13.7. The van der Waals surface area contributed by atoms with Gasteiger partial charge in [-0.05, 0) is 48.6 Å². The van der Waals surface area contributed by atoms with Crippen LogP contribution in [0.4, 0.5) is 23.2 Å². The summed E-state index contributed by atoms with van der Waals surface area (Å²) in [6.45, 7) is 0.350. The van der Waals surface area contributed by atoms with Crippen LogP contribution >= 0.6 is 23.8 Å². The zero-order chi connectivity index (χ0) is 21.0. The Balaban J connectivity index is 1.82. The highest BCUT2D eigenvalue weighted by molar-refractivity contribution is 7.80. The molecule has 0 fully saturated rings. The molecule has 0 atom stereocenters. The van der Waals surface area contributed by atoms with E-state index in [0.29, 0.717) is 11.3 Å². The number of rotatable bonds is 5. The van der Waals surface area contributed by atoms with Crippen molar-refractivity contribution >= 4 is 34.6 Å². The van der Waals surface area contributed by atoms with Crippen molar-refractivity contribution in [1.29, 1.82) is 0 Å². The van der Waals surface area contributed by atoms with Crippen molar-refractivity contribution in [2.75, 3.05) is 5.32 Å². The van der Waals surface area contributed by atoms with Crippen LogP contribution in [0.25, 0.3) is 0 Å². The van der Waals surface area contributed by atoms with Crippen LogP contribution in [0.2, 0.25) is 5.02 Å². The number of hydrogen-bond acceptors (Lipinski definition) is 2. The molecule has 0 aliphatic carbocycles. The molecule has 0 radical (unpaired) electrons. The first kappa shape index (κ1) is 21.1. The Labute approximate surface area is 174 Å². The van der Waals surface area contributed by atoms with Crippen molar-refractivity contribution < 1.29 is 22.0 Å². The molecule has 0 unspecified atom stereocenters. The molecule has 152 valence electrons. The van der Waals surface area contributed by atoms with Crippen LogP contribution in [0.3, 0.4) is 0 Å². The van der Waals surface area contributed by atoms with Gasteiger partial charge in [0.2, 0.25) is 0 Å². The van der Waals surface area contributed by atoms with E-state index in [1.165, 1.54) is 18.4 Å². The quantitative estimate of drug-likeness (QED) is 0.361. The Kier molecular flexibility index (Phi) is 6.44. The van der Waals surface area contributed by atoms with Gasteiger partial charge in [-0.2, -0.15) is 13.2 Å². The van der Waals surface area contributed by atoms with Gasteiger partial charge in [0.1, 0.15) is 11.6 Å². The largest absolute Gasteiger partial charge is 0.467 e. The van der Waals surface area contributed by atoms with Gasteiger partial charge in [-0.1, -0.05) is 29.8 Å². The van der Waals surface area contributed by atoms with Crippen LogP contribution < -0.4 is 5.32 Å². The van der Waals surface area contributed by atoms with E-state index in [1.54, 1.807) is 35.2 Å². The third-order valence-electron chi connectivity index (χ3n) is 4.07. The van der Waals surface area contributed by atoms with E-state index in [0.717, 1.165) is 12.1 Å². The van der Waals surface area contributed by atoms with Crippen LogP contribution in [0, 0.1) is 5.82 Å². The predicted molar refractivity (Wildman–Crippen MR) is 107 cm³/mol. The zero-order valence-corrected chi connectivity index (χ0v) is 16.4. The van der Waals surface area contributed by atoms with Crippen LogP contribution in [0.5, 0.6) is 0 Å². The standard InChI is InChI=1S/C20H15ClF4N2OS/c21-16-10-14(20(23,24)25)7-8-18(16)26-19(29)27(12-15-5-3-9-28-15)11-13-4-1-2-6-17(13)22/h1-10H,11-12H2,(H,26,29). The normalized spacial score (nSPS) is 11.3. The lowest BCUT2D eigenvalue weighted by Crippen LogP contribution is -2.34. The Morgan fingerprint density at radius 3 is 2.45 bits per heavy atom. The first-order valence-electron chi connectivity index (χ1n) is 8.42. The van der Waals surface area contributed by atoms with Gasteiger partial charge < -0.3 is 14.6 Å². The molecular formula is C20H15ClF4N2OS. The second kappa shape index (κ2) is 8.84. The third kappa shape index (κ3) is 5.48. The number of anilines is 1. The molecule has 2 aromatic carbocycles. The van der Waals surface area contributed by atoms with Gasteiger partial charge in [0.25, 0.3) is 0 Å². The lowest BCUT2D eigenvalue weighted by molar-refractivity contribution is -0.137. The second-order valence-corrected chi connectivity index (χ2v) is 6.94. The van der Waals surface area contributed by atoms with Crippen molar-refractivity contribution in [2.45, 2.75) is 19.3 Å². The SMILES string of the molecule is Fc1ccccc1CN(Cc1ccco1)C(=S)Nc1ccc(C(F)(F)F)cc1Cl. The molecule has 0 amide bonds. The zero-order valence-electron chi connectivity index (χ0n) is 14.8. The van der Waals surface area contributed by atoms with Gasteiger partial charge in [0, 0.05) is 12.1 Å². The molecule has 0 saturated carbocycles. The summed E-state index contributed by atoms with van der Waals surface area (Å²) < 4.78 is 57.9. The Morgan fingerprint density at radius 1 is 1.07 bits per heavy atom. The van der Waals surface area contributed by atoms with E-state index < -0.39 is 17.6 Å². The third-order valence-corrected chi connectivity index (χ3v) is 4.74. The molecule has 3 nitrogen and oxygen atoms in total. The molecular weight excluding hydrogens is 428 g/mol. The number of thiocarbonyl (C=S) groups is 1. The highest BCUT2D eigenvalue weighted by Crippen LogP contribution is 2.34. The number of nitrogens with zero attached hydrogens (tertiary/aromatic N) is 1. The molecule has 1 N–H and O–H groups in total. The van der Waals surface area contributed by atoms with E-state index in [1.807, 2.05) is 0 Å². The minimum Gasteiger partial charge on any atom is -0.467 e. The van der Waals surface area contributed by atoms with Crippen LogP contribution in [0.15, 0.2) is 65.3 Å².